The number of hydrogen-bond donors (Lipinski definition) is 0. The average molecular weight is 201 g/mol. The lowest BCUT2D eigenvalue weighted by Crippen LogP contribution is -1.98. The highest BCUT2D eigenvalue weighted by Crippen LogP contribution is 2.19. The SMILES string of the molecule is C[C@H](CC(=O)Cl)c1ccc(F)cc1. The first-order valence-corrected chi connectivity index (χ1v) is 4.41. The van der Waals surface area contributed by atoms with Gasteiger partial charge in [0, 0.05) is 6.42 Å². The van der Waals surface area contributed by atoms with Gasteiger partial charge >= 0.3 is 0 Å². The van der Waals surface area contributed by atoms with E-state index in [4.69, 9.17) is 11.6 Å². The largest absolute Gasteiger partial charge is 0.281 e. The Kier molecular flexibility index (Phi) is 3.43. The zero-order chi connectivity index (χ0) is 9.84. The van der Waals surface area contributed by atoms with Crippen molar-refractivity contribution in [3.8, 4) is 0 Å². The molecular formula is C10H10ClFO. The van der Waals surface area contributed by atoms with Gasteiger partial charge in [0.25, 0.3) is 0 Å². The monoisotopic (exact) mass is 200 g/mol. The maximum atomic E-state index is 12.5. The molecular weight excluding hydrogens is 191 g/mol. The van der Waals surface area contributed by atoms with Gasteiger partial charge in [0.15, 0.2) is 0 Å². The van der Waals surface area contributed by atoms with Gasteiger partial charge in [-0.25, -0.2) is 4.39 Å². The molecule has 0 aliphatic rings. The molecule has 1 nitrogen and oxygen atoms in total. The number of halogens is 2. The Bertz CT molecular complexity index is 294. The first kappa shape index (κ1) is 10.2. The average Bonchev–Trinajstić information content (AvgIpc) is 2.04. The van der Waals surface area contributed by atoms with Crippen LogP contribution in [0.5, 0.6) is 0 Å². The highest BCUT2D eigenvalue weighted by Gasteiger charge is 2.08. The van der Waals surface area contributed by atoms with Crippen molar-refractivity contribution in [2.24, 2.45) is 0 Å². The number of carbonyl (C=O) groups excluding carboxylic acids is 1. The van der Waals surface area contributed by atoms with Gasteiger partial charge in [-0.15, -0.1) is 0 Å². The van der Waals surface area contributed by atoms with Crippen LogP contribution in [0.15, 0.2) is 24.3 Å². The maximum absolute atomic E-state index is 12.5. The molecule has 0 saturated carbocycles. The molecule has 1 rings (SSSR count). The van der Waals surface area contributed by atoms with Gasteiger partial charge in [0.05, 0.1) is 0 Å². The van der Waals surface area contributed by atoms with Crippen LogP contribution in [0.2, 0.25) is 0 Å². The fourth-order valence-corrected chi connectivity index (χ4v) is 1.38. The quantitative estimate of drug-likeness (QED) is 0.686. The van der Waals surface area contributed by atoms with Gasteiger partial charge in [-0.3, -0.25) is 4.79 Å². The molecule has 70 valence electrons. The number of carbonyl (C=O) groups is 1. The van der Waals surface area contributed by atoms with Crippen LogP contribution in [0, 0.1) is 5.82 Å². The molecule has 0 aliphatic heterocycles. The Morgan fingerprint density at radius 2 is 2.00 bits per heavy atom. The molecule has 0 spiro atoms. The molecule has 0 fully saturated rings. The van der Waals surface area contributed by atoms with Crippen molar-refractivity contribution in [1.82, 2.24) is 0 Å². The number of rotatable bonds is 3. The van der Waals surface area contributed by atoms with E-state index in [1.54, 1.807) is 12.1 Å². The molecule has 3 heteroatoms. The molecule has 13 heavy (non-hydrogen) atoms. The minimum Gasteiger partial charge on any atom is -0.281 e. The summed E-state index contributed by atoms with van der Waals surface area (Å²) < 4.78 is 12.5. The first-order chi connectivity index (χ1) is 6.09. The summed E-state index contributed by atoms with van der Waals surface area (Å²) in [5.74, 6) is -0.223. The Labute approximate surface area is 81.5 Å². The predicted octanol–water partition coefficient (Wildman–Crippen LogP) is 3.08. The van der Waals surface area contributed by atoms with E-state index < -0.39 is 0 Å². The summed E-state index contributed by atoms with van der Waals surface area (Å²) in [4.78, 5) is 10.6. The normalized spacial score (nSPS) is 12.5. The topological polar surface area (TPSA) is 17.1 Å². The third-order valence-corrected chi connectivity index (χ3v) is 2.06. The lowest BCUT2D eigenvalue weighted by atomic mass is 9.99. The molecule has 0 radical (unpaired) electrons. The summed E-state index contributed by atoms with van der Waals surface area (Å²) in [6.07, 6.45) is 0.285. The van der Waals surface area contributed by atoms with Crippen molar-refractivity contribution in [3.63, 3.8) is 0 Å². The van der Waals surface area contributed by atoms with E-state index in [-0.39, 0.29) is 23.4 Å². The van der Waals surface area contributed by atoms with Crippen LogP contribution in [0.4, 0.5) is 4.39 Å². The van der Waals surface area contributed by atoms with E-state index in [0.717, 1.165) is 5.56 Å². The zero-order valence-electron chi connectivity index (χ0n) is 7.26. The Hall–Kier alpha value is -0.890. The van der Waals surface area contributed by atoms with Crippen LogP contribution in [0.25, 0.3) is 0 Å². The molecule has 0 amide bonds. The first-order valence-electron chi connectivity index (χ1n) is 4.03. The second-order valence-electron chi connectivity index (χ2n) is 3.01. The number of hydrogen-bond acceptors (Lipinski definition) is 1. The molecule has 0 aliphatic carbocycles. The summed E-state index contributed by atoms with van der Waals surface area (Å²) in [7, 11) is 0. The maximum Gasteiger partial charge on any atom is 0.222 e. The van der Waals surface area contributed by atoms with E-state index in [0.29, 0.717) is 0 Å². The highest BCUT2D eigenvalue weighted by atomic mass is 35.5. The van der Waals surface area contributed by atoms with Crippen molar-refractivity contribution >= 4 is 16.8 Å². The molecule has 0 heterocycles. The molecule has 0 saturated heterocycles. The minimum atomic E-state index is -0.364. The van der Waals surface area contributed by atoms with E-state index >= 15 is 0 Å². The van der Waals surface area contributed by atoms with E-state index in [1.807, 2.05) is 6.92 Å². The highest BCUT2D eigenvalue weighted by molar-refractivity contribution is 6.63. The van der Waals surface area contributed by atoms with E-state index in [1.165, 1.54) is 12.1 Å². The minimum absolute atomic E-state index is 0.0469. The van der Waals surface area contributed by atoms with Gasteiger partial charge in [0.2, 0.25) is 5.24 Å². The molecule has 1 aromatic rings. The van der Waals surface area contributed by atoms with Crippen LogP contribution in [0.1, 0.15) is 24.8 Å². The van der Waals surface area contributed by atoms with Crippen LogP contribution < -0.4 is 0 Å². The molecule has 0 unspecified atom stereocenters. The Morgan fingerprint density at radius 3 is 2.46 bits per heavy atom. The fourth-order valence-electron chi connectivity index (χ4n) is 1.15. The summed E-state index contributed by atoms with van der Waals surface area (Å²) in [5, 5.41) is -0.364. The van der Waals surface area contributed by atoms with Crippen molar-refractivity contribution in [1.29, 1.82) is 0 Å². The Morgan fingerprint density at radius 1 is 1.46 bits per heavy atom. The lowest BCUT2D eigenvalue weighted by molar-refractivity contribution is -0.111. The van der Waals surface area contributed by atoms with E-state index in [9.17, 15) is 9.18 Å². The second-order valence-corrected chi connectivity index (χ2v) is 3.43. The molecule has 0 N–H and O–H groups in total. The van der Waals surface area contributed by atoms with Gasteiger partial charge in [-0.05, 0) is 35.2 Å². The summed E-state index contributed by atoms with van der Waals surface area (Å²) in [5.41, 5.74) is 0.926. The van der Waals surface area contributed by atoms with Crippen molar-refractivity contribution in [3.05, 3.63) is 35.6 Å². The third kappa shape index (κ3) is 3.15. The third-order valence-electron chi connectivity index (χ3n) is 1.91. The number of benzene rings is 1. The molecule has 1 atom stereocenters. The molecule has 0 aromatic heterocycles. The summed E-state index contributed by atoms with van der Waals surface area (Å²) in [6.45, 7) is 1.88. The van der Waals surface area contributed by atoms with E-state index in [2.05, 4.69) is 0 Å². The van der Waals surface area contributed by atoms with Gasteiger partial charge in [0.1, 0.15) is 5.82 Å². The van der Waals surface area contributed by atoms with Crippen molar-refractivity contribution in [2.45, 2.75) is 19.3 Å². The van der Waals surface area contributed by atoms with Crippen LogP contribution in [-0.4, -0.2) is 5.24 Å². The van der Waals surface area contributed by atoms with Gasteiger partial charge < -0.3 is 0 Å². The van der Waals surface area contributed by atoms with Gasteiger partial charge in [-0.2, -0.15) is 0 Å². The van der Waals surface area contributed by atoms with Crippen molar-refractivity contribution in [2.75, 3.05) is 0 Å². The zero-order valence-corrected chi connectivity index (χ0v) is 8.01. The van der Waals surface area contributed by atoms with Crippen molar-refractivity contribution < 1.29 is 9.18 Å². The smallest absolute Gasteiger partial charge is 0.222 e. The van der Waals surface area contributed by atoms with Crippen LogP contribution in [-0.2, 0) is 4.79 Å². The fraction of sp³-hybridized carbons (Fsp3) is 0.300. The second kappa shape index (κ2) is 4.38. The van der Waals surface area contributed by atoms with Gasteiger partial charge in [-0.1, -0.05) is 19.1 Å². The summed E-state index contributed by atoms with van der Waals surface area (Å²) >= 11 is 5.24. The summed E-state index contributed by atoms with van der Waals surface area (Å²) in [6, 6.07) is 6.09. The lowest BCUT2D eigenvalue weighted by Gasteiger charge is -2.08. The predicted molar refractivity (Wildman–Crippen MR) is 50.3 cm³/mol. The van der Waals surface area contributed by atoms with Crippen LogP contribution >= 0.6 is 11.6 Å². The standard InChI is InChI=1S/C10H10ClFO/c1-7(6-10(11)13)8-2-4-9(12)5-3-8/h2-5,7H,6H2,1H3/t7-/m1/s1. The molecule has 1 aromatic carbocycles. The van der Waals surface area contributed by atoms with Crippen LogP contribution in [0.3, 0.4) is 0 Å². The molecule has 0 bridgehead atoms. The Balaban J connectivity index is 2.71.